The van der Waals surface area contributed by atoms with Gasteiger partial charge in [-0.2, -0.15) is 13.2 Å². The quantitative estimate of drug-likeness (QED) is 0.887. The molecule has 5 heteroatoms. The molecule has 20 heavy (non-hydrogen) atoms. The number of phenols is 1. The van der Waals surface area contributed by atoms with E-state index in [4.69, 9.17) is 0 Å². The van der Waals surface area contributed by atoms with Gasteiger partial charge in [-0.25, -0.2) is 0 Å². The smallest absolute Gasteiger partial charge is 0.419 e. The number of rotatable bonds is 2. The van der Waals surface area contributed by atoms with Gasteiger partial charge in [0.25, 0.3) is 0 Å². The molecule has 2 rings (SSSR count). The first-order chi connectivity index (χ1) is 9.17. The normalized spacial score (nSPS) is 20.1. The molecule has 0 unspecified atom stereocenters. The van der Waals surface area contributed by atoms with Crippen molar-refractivity contribution in [3.63, 3.8) is 0 Å². The highest BCUT2D eigenvalue weighted by Crippen LogP contribution is 2.36. The molecule has 1 saturated heterocycles. The van der Waals surface area contributed by atoms with Crippen LogP contribution in [0.3, 0.4) is 0 Å². The predicted molar refractivity (Wildman–Crippen MR) is 71.4 cm³/mol. The predicted octanol–water partition coefficient (Wildman–Crippen LogP) is 4.03. The molecule has 0 aromatic heterocycles. The van der Waals surface area contributed by atoms with Crippen LogP contribution in [0.4, 0.5) is 13.2 Å². The molecule has 112 valence electrons. The van der Waals surface area contributed by atoms with Crippen molar-refractivity contribution in [3.8, 4) is 5.75 Å². The van der Waals surface area contributed by atoms with Crippen LogP contribution in [0.2, 0.25) is 0 Å². The lowest BCUT2D eigenvalue weighted by Crippen LogP contribution is -2.36. The number of aromatic hydroxyl groups is 1. The molecule has 0 aliphatic carbocycles. The van der Waals surface area contributed by atoms with Crippen LogP contribution in [-0.2, 0) is 12.7 Å². The minimum Gasteiger partial charge on any atom is -0.507 e. The number of piperidine rings is 1. The fraction of sp³-hybridized carbons (Fsp3) is 0.600. The van der Waals surface area contributed by atoms with Crippen molar-refractivity contribution in [3.05, 3.63) is 29.3 Å². The lowest BCUT2D eigenvalue weighted by atomic mass is 9.82. The van der Waals surface area contributed by atoms with E-state index >= 15 is 0 Å². The van der Waals surface area contributed by atoms with Gasteiger partial charge < -0.3 is 5.11 Å². The van der Waals surface area contributed by atoms with Crippen molar-refractivity contribution in [2.45, 2.75) is 39.4 Å². The SMILES string of the molecule is CC1(C)CCN(Cc2ccc(O)c(C(F)(F)F)c2)CC1. The maximum absolute atomic E-state index is 12.7. The lowest BCUT2D eigenvalue weighted by Gasteiger charge is -2.37. The summed E-state index contributed by atoms with van der Waals surface area (Å²) in [7, 11) is 0. The third-order valence-corrected chi connectivity index (χ3v) is 3.98. The van der Waals surface area contributed by atoms with E-state index in [1.54, 1.807) is 6.07 Å². The summed E-state index contributed by atoms with van der Waals surface area (Å²) in [5, 5.41) is 9.31. The number of alkyl halides is 3. The second-order valence-corrected chi connectivity index (χ2v) is 6.29. The molecule has 1 aliphatic heterocycles. The fourth-order valence-corrected chi connectivity index (χ4v) is 2.48. The molecule has 1 N–H and O–H groups in total. The summed E-state index contributed by atoms with van der Waals surface area (Å²) in [4.78, 5) is 2.16. The van der Waals surface area contributed by atoms with Crippen LogP contribution in [0, 0.1) is 5.41 Å². The maximum Gasteiger partial charge on any atom is 0.419 e. The number of phenolic OH excluding ortho intramolecular Hbond substituents is 1. The highest BCUT2D eigenvalue weighted by atomic mass is 19.4. The lowest BCUT2D eigenvalue weighted by molar-refractivity contribution is -0.138. The summed E-state index contributed by atoms with van der Waals surface area (Å²) < 4.78 is 38.2. The van der Waals surface area contributed by atoms with Gasteiger partial charge in [-0.05, 0) is 49.0 Å². The first-order valence-electron chi connectivity index (χ1n) is 6.79. The fourth-order valence-electron chi connectivity index (χ4n) is 2.48. The third kappa shape index (κ3) is 3.66. The van der Waals surface area contributed by atoms with Gasteiger partial charge in [0.05, 0.1) is 5.56 Å². The Kier molecular flexibility index (Phi) is 4.00. The Morgan fingerprint density at radius 2 is 1.80 bits per heavy atom. The average molecular weight is 287 g/mol. The van der Waals surface area contributed by atoms with E-state index in [0.29, 0.717) is 17.5 Å². The zero-order valence-corrected chi connectivity index (χ0v) is 11.8. The first kappa shape index (κ1) is 15.2. The van der Waals surface area contributed by atoms with E-state index in [0.717, 1.165) is 38.1 Å². The minimum atomic E-state index is -4.51. The highest BCUT2D eigenvalue weighted by molar-refractivity contribution is 5.38. The summed E-state index contributed by atoms with van der Waals surface area (Å²) in [6.45, 7) is 6.73. The number of benzene rings is 1. The maximum atomic E-state index is 12.7. The van der Waals surface area contributed by atoms with E-state index in [9.17, 15) is 18.3 Å². The molecule has 0 spiro atoms. The van der Waals surface area contributed by atoms with Crippen molar-refractivity contribution < 1.29 is 18.3 Å². The van der Waals surface area contributed by atoms with Crippen molar-refractivity contribution in [1.82, 2.24) is 4.90 Å². The minimum absolute atomic E-state index is 0.322. The highest BCUT2D eigenvalue weighted by Gasteiger charge is 2.34. The molecule has 0 bridgehead atoms. The molecule has 0 atom stereocenters. The van der Waals surface area contributed by atoms with E-state index < -0.39 is 17.5 Å². The van der Waals surface area contributed by atoms with Crippen LogP contribution in [-0.4, -0.2) is 23.1 Å². The summed E-state index contributed by atoms with van der Waals surface area (Å²) in [6, 6.07) is 3.74. The standard InChI is InChI=1S/C15H20F3NO/c1-14(2)5-7-19(8-6-14)10-11-3-4-13(20)12(9-11)15(16,17)18/h3-4,9,20H,5-8,10H2,1-2H3. The molecule has 2 nitrogen and oxygen atoms in total. The van der Waals surface area contributed by atoms with E-state index in [-0.39, 0.29) is 0 Å². The van der Waals surface area contributed by atoms with Crippen LogP contribution >= 0.6 is 0 Å². The Morgan fingerprint density at radius 3 is 2.35 bits per heavy atom. The first-order valence-corrected chi connectivity index (χ1v) is 6.79. The zero-order chi connectivity index (χ0) is 15.0. The van der Waals surface area contributed by atoms with Gasteiger partial charge >= 0.3 is 6.18 Å². The van der Waals surface area contributed by atoms with Crippen LogP contribution in [0.25, 0.3) is 0 Å². The van der Waals surface area contributed by atoms with Gasteiger partial charge in [-0.15, -0.1) is 0 Å². The number of nitrogens with zero attached hydrogens (tertiary/aromatic N) is 1. The molecule has 1 aromatic rings. The van der Waals surface area contributed by atoms with Gasteiger partial charge in [0.15, 0.2) is 0 Å². The van der Waals surface area contributed by atoms with Crippen molar-refractivity contribution >= 4 is 0 Å². The molecule has 0 saturated carbocycles. The molecule has 1 heterocycles. The molecule has 1 aliphatic rings. The molecule has 0 radical (unpaired) electrons. The molecule has 1 aromatic carbocycles. The average Bonchev–Trinajstić information content (AvgIpc) is 2.33. The van der Waals surface area contributed by atoms with E-state index in [2.05, 4.69) is 18.7 Å². The van der Waals surface area contributed by atoms with Gasteiger partial charge in [-0.3, -0.25) is 4.90 Å². The second-order valence-electron chi connectivity index (χ2n) is 6.29. The Balaban J connectivity index is 2.08. The largest absolute Gasteiger partial charge is 0.507 e. The third-order valence-electron chi connectivity index (χ3n) is 3.98. The van der Waals surface area contributed by atoms with Gasteiger partial charge in [0.2, 0.25) is 0 Å². The van der Waals surface area contributed by atoms with Crippen LogP contribution in [0.1, 0.15) is 37.8 Å². The molecular weight excluding hydrogens is 267 g/mol. The molecule has 0 amide bonds. The number of halogens is 3. The van der Waals surface area contributed by atoms with Crippen molar-refractivity contribution in [2.24, 2.45) is 5.41 Å². The van der Waals surface area contributed by atoms with E-state index in [1.807, 2.05) is 0 Å². The van der Waals surface area contributed by atoms with E-state index in [1.165, 1.54) is 0 Å². The summed E-state index contributed by atoms with van der Waals surface area (Å²) >= 11 is 0. The number of hydrogen-bond acceptors (Lipinski definition) is 2. The summed E-state index contributed by atoms with van der Waals surface area (Å²) in [6.07, 6.45) is -2.40. The Hall–Kier alpha value is -1.23. The molecular formula is C15H20F3NO. The van der Waals surface area contributed by atoms with Crippen molar-refractivity contribution in [2.75, 3.05) is 13.1 Å². The number of likely N-dealkylation sites (tertiary alicyclic amines) is 1. The van der Waals surface area contributed by atoms with Crippen LogP contribution in [0.5, 0.6) is 5.75 Å². The zero-order valence-electron chi connectivity index (χ0n) is 11.8. The Labute approximate surface area is 117 Å². The monoisotopic (exact) mass is 287 g/mol. The summed E-state index contributed by atoms with van der Waals surface area (Å²) in [5.74, 6) is -0.707. The van der Waals surface area contributed by atoms with Gasteiger partial charge in [0.1, 0.15) is 5.75 Å². The Bertz CT molecular complexity index is 472. The topological polar surface area (TPSA) is 23.5 Å². The van der Waals surface area contributed by atoms with Gasteiger partial charge in [-0.1, -0.05) is 19.9 Å². The molecule has 1 fully saturated rings. The van der Waals surface area contributed by atoms with Crippen LogP contribution < -0.4 is 0 Å². The number of hydrogen-bond donors (Lipinski definition) is 1. The summed E-state index contributed by atoms with van der Waals surface area (Å²) in [5.41, 5.74) is -0.0371. The van der Waals surface area contributed by atoms with Crippen LogP contribution in [0.15, 0.2) is 18.2 Å². The van der Waals surface area contributed by atoms with Gasteiger partial charge in [0, 0.05) is 6.54 Å². The van der Waals surface area contributed by atoms with Crippen molar-refractivity contribution in [1.29, 1.82) is 0 Å². The Morgan fingerprint density at radius 1 is 1.20 bits per heavy atom. The second kappa shape index (κ2) is 5.28.